The predicted octanol–water partition coefficient (Wildman–Crippen LogP) is 2.13. The molecule has 7 heteroatoms. The summed E-state index contributed by atoms with van der Waals surface area (Å²) in [7, 11) is 0. The second kappa shape index (κ2) is 7.86. The zero-order valence-electron chi connectivity index (χ0n) is 12.7. The van der Waals surface area contributed by atoms with E-state index in [1.807, 2.05) is 22.9 Å². The van der Waals surface area contributed by atoms with Gasteiger partial charge in [0.05, 0.1) is 12.6 Å². The summed E-state index contributed by atoms with van der Waals surface area (Å²) in [6.07, 6.45) is 5.89. The van der Waals surface area contributed by atoms with Crippen molar-refractivity contribution in [3.05, 3.63) is 40.1 Å². The number of carbonyl (C=O) groups excluding carboxylic acids is 1. The molecular weight excluding hydrogens is 300 g/mol. The second-order valence-corrected chi connectivity index (χ2v) is 5.90. The molecule has 0 bridgehead atoms. The Bertz CT molecular complexity index is 648. The first-order chi connectivity index (χ1) is 10.6. The molecule has 22 heavy (non-hydrogen) atoms. The van der Waals surface area contributed by atoms with Crippen LogP contribution in [0.4, 0.5) is 0 Å². The fourth-order valence-electron chi connectivity index (χ4n) is 2.06. The first kappa shape index (κ1) is 16.4. The van der Waals surface area contributed by atoms with Gasteiger partial charge in [-0.05, 0) is 36.4 Å². The molecule has 2 aromatic heterocycles. The molecule has 2 aromatic rings. The Morgan fingerprint density at radius 3 is 3.09 bits per heavy atom. The molecule has 118 valence electrons. The molecule has 0 saturated heterocycles. The van der Waals surface area contributed by atoms with E-state index in [9.17, 15) is 4.79 Å². The highest BCUT2D eigenvalue weighted by molar-refractivity contribution is 7.11. The van der Waals surface area contributed by atoms with Crippen molar-refractivity contribution in [1.29, 1.82) is 0 Å². The number of nitrogens with one attached hydrogen (secondary N) is 1. The smallest absolute Gasteiger partial charge is 0.244 e. The lowest BCUT2D eigenvalue weighted by Crippen LogP contribution is -2.27. The van der Waals surface area contributed by atoms with E-state index in [0.717, 1.165) is 29.2 Å². The van der Waals surface area contributed by atoms with Crippen LogP contribution in [0.2, 0.25) is 0 Å². The monoisotopic (exact) mass is 320 g/mol. The van der Waals surface area contributed by atoms with Gasteiger partial charge in [-0.25, -0.2) is 0 Å². The number of aliphatic hydroxyl groups is 1. The van der Waals surface area contributed by atoms with Crippen molar-refractivity contribution in [3.63, 3.8) is 0 Å². The third-order valence-corrected chi connectivity index (χ3v) is 4.06. The number of amides is 1. The maximum absolute atomic E-state index is 12.0. The summed E-state index contributed by atoms with van der Waals surface area (Å²) in [4.78, 5) is 12.9. The van der Waals surface area contributed by atoms with E-state index < -0.39 is 0 Å². The van der Waals surface area contributed by atoms with E-state index in [1.165, 1.54) is 17.4 Å². The van der Waals surface area contributed by atoms with Gasteiger partial charge in [-0.15, -0.1) is 21.5 Å². The van der Waals surface area contributed by atoms with Crippen molar-refractivity contribution in [2.24, 2.45) is 0 Å². The Balaban J connectivity index is 1.94. The Labute approximate surface area is 133 Å². The highest BCUT2D eigenvalue weighted by atomic mass is 32.1. The normalized spacial score (nSPS) is 12.7. The molecule has 0 saturated carbocycles. The zero-order chi connectivity index (χ0) is 15.9. The molecule has 1 unspecified atom stereocenters. The van der Waals surface area contributed by atoms with Gasteiger partial charge < -0.3 is 15.0 Å². The van der Waals surface area contributed by atoms with Gasteiger partial charge in [-0.1, -0.05) is 6.92 Å². The highest BCUT2D eigenvalue weighted by Gasteiger charge is 2.14. The topological polar surface area (TPSA) is 80.0 Å². The third kappa shape index (κ3) is 4.25. The minimum absolute atomic E-state index is 0.0145. The van der Waals surface area contributed by atoms with Crippen LogP contribution in [0.1, 0.15) is 42.6 Å². The Kier molecular flexibility index (Phi) is 5.85. The van der Waals surface area contributed by atoms with Gasteiger partial charge in [-0.2, -0.15) is 0 Å². The molecule has 2 heterocycles. The number of carbonyl (C=O) groups is 1. The number of hydrogen-bond donors (Lipinski definition) is 2. The number of aliphatic hydroxyl groups excluding tert-OH is 1. The van der Waals surface area contributed by atoms with E-state index >= 15 is 0 Å². The molecule has 0 aromatic carbocycles. The van der Waals surface area contributed by atoms with E-state index in [2.05, 4.69) is 22.4 Å². The number of rotatable bonds is 7. The number of aromatic nitrogens is 3. The maximum Gasteiger partial charge on any atom is 0.244 e. The van der Waals surface area contributed by atoms with Gasteiger partial charge in [0.25, 0.3) is 0 Å². The van der Waals surface area contributed by atoms with Crippen molar-refractivity contribution >= 4 is 23.3 Å². The maximum atomic E-state index is 12.0. The summed E-state index contributed by atoms with van der Waals surface area (Å²) in [5.74, 6) is 0.569. The van der Waals surface area contributed by atoms with E-state index in [-0.39, 0.29) is 18.6 Å². The lowest BCUT2D eigenvalue weighted by Gasteiger charge is -2.13. The Morgan fingerprint density at radius 1 is 1.59 bits per heavy atom. The molecule has 0 aliphatic heterocycles. The largest absolute Gasteiger partial charge is 0.392 e. The summed E-state index contributed by atoms with van der Waals surface area (Å²) < 4.78 is 1.95. The summed E-state index contributed by atoms with van der Waals surface area (Å²) in [5, 5.41) is 21.7. The molecule has 0 radical (unpaired) electrons. The standard InChI is InChI=1S/C15H20N4O2S/c1-3-6-19-10-16-18-15(19)11(2)17-14(21)5-4-13-7-12(8-20)9-22-13/h4-5,7,9-11,20H,3,6,8H2,1-2H3,(H,17,21)/b5-4+. The number of hydrogen-bond acceptors (Lipinski definition) is 5. The number of aryl methyl sites for hydroxylation is 1. The molecule has 6 nitrogen and oxygen atoms in total. The predicted molar refractivity (Wildman–Crippen MR) is 86.1 cm³/mol. The quantitative estimate of drug-likeness (QED) is 0.766. The summed E-state index contributed by atoms with van der Waals surface area (Å²) in [5.41, 5.74) is 0.853. The molecule has 0 spiro atoms. The number of thiophene rings is 1. The van der Waals surface area contributed by atoms with Crippen LogP contribution in [0, 0.1) is 0 Å². The number of nitrogens with zero attached hydrogens (tertiary/aromatic N) is 3. The second-order valence-electron chi connectivity index (χ2n) is 4.96. The first-order valence-corrected chi connectivity index (χ1v) is 8.06. The molecule has 2 N–H and O–H groups in total. The Hall–Kier alpha value is -1.99. The van der Waals surface area contributed by atoms with Gasteiger partial charge >= 0.3 is 0 Å². The highest BCUT2D eigenvalue weighted by Crippen LogP contribution is 2.16. The molecule has 0 fully saturated rings. The van der Waals surface area contributed by atoms with Crippen LogP contribution < -0.4 is 5.32 Å². The van der Waals surface area contributed by atoms with Crippen molar-refractivity contribution in [2.45, 2.75) is 39.5 Å². The van der Waals surface area contributed by atoms with Crippen LogP contribution in [0.5, 0.6) is 0 Å². The summed E-state index contributed by atoms with van der Waals surface area (Å²) in [6, 6.07) is 1.65. The van der Waals surface area contributed by atoms with Crippen molar-refractivity contribution in [3.8, 4) is 0 Å². The summed E-state index contributed by atoms with van der Waals surface area (Å²) >= 11 is 1.49. The van der Waals surface area contributed by atoms with E-state index in [0.29, 0.717) is 0 Å². The fraction of sp³-hybridized carbons (Fsp3) is 0.400. The summed E-state index contributed by atoms with van der Waals surface area (Å²) in [6.45, 7) is 4.81. The molecule has 2 rings (SSSR count). The van der Waals surface area contributed by atoms with Crippen LogP contribution >= 0.6 is 11.3 Å². The van der Waals surface area contributed by atoms with Crippen LogP contribution in [0.15, 0.2) is 23.8 Å². The minimum Gasteiger partial charge on any atom is -0.392 e. The van der Waals surface area contributed by atoms with Gasteiger partial charge in [0, 0.05) is 17.5 Å². The molecule has 1 atom stereocenters. The lowest BCUT2D eigenvalue weighted by atomic mass is 10.3. The van der Waals surface area contributed by atoms with Crippen LogP contribution in [-0.2, 0) is 17.9 Å². The fourth-order valence-corrected chi connectivity index (χ4v) is 2.86. The van der Waals surface area contributed by atoms with Crippen molar-refractivity contribution < 1.29 is 9.90 Å². The van der Waals surface area contributed by atoms with Crippen molar-refractivity contribution in [1.82, 2.24) is 20.1 Å². The zero-order valence-corrected chi connectivity index (χ0v) is 13.5. The molecule has 0 aliphatic rings. The van der Waals surface area contributed by atoms with Crippen LogP contribution in [-0.4, -0.2) is 25.8 Å². The average Bonchev–Trinajstić information content (AvgIpc) is 3.14. The Morgan fingerprint density at radius 2 is 2.41 bits per heavy atom. The lowest BCUT2D eigenvalue weighted by molar-refractivity contribution is -0.117. The van der Waals surface area contributed by atoms with E-state index in [4.69, 9.17) is 5.11 Å². The molecule has 0 aliphatic carbocycles. The van der Waals surface area contributed by atoms with Gasteiger partial charge in [0.15, 0.2) is 5.82 Å². The van der Waals surface area contributed by atoms with E-state index in [1.54, 1.807) is 12.4 Å². The van der Waals surface area contributed by atoms with Gasteiger partial charge in [0.1, 0.15) is 6.33 Å². The minimum atomic E-state index is -0.206. The molecular formula is C15H20N4O2S. The van der Waals surface area contributed by atoms with Crippen LogP contribution in [0.25, 0.3) is 6.08 Å². The van der Waals surface area contributed by atoms with Crippen LogP contribution in [0.3, 0.4) is 0 Å². The first-order valence-electron chi connectivity index (χ1n) is 7.18. The third-order valence-electron chi connectivity index (χ3n) is 3.11. The van der Waals surface area contributed by atoms with Gasteiger partial charge in [-0.3, -0.25) is 4.79 Å². The molecule has 1 amide bonds. The van der Waals surface area contributed by atoms with Crippen molar-refractivity contribution in [2.75, 3.05) is 0 Å². The average molecular weight is 320 g/mol. The van der Waals surface area contributed by atoms with Gasteiger partial charge in [0.2, 0.25) is 5.91 Å². The SMILES string of the molecule is CCCn1cnnc1C(C)NC(=O)/C=C/c1cc(CO)cs1.